The summed E-state index contributed by atoms with van der Waals surface area (Å²) in [5, 5.41) is 27.4. The van der Waals surface area contributed by atoms with Crippen LogP contribution >= 0.6 is 0 Å². The zero-order valence-corrected chi connectivity index (χ0v) is 19.2. The van der Waals surface area contributed by atoms with E-state index < -0.39 is 0 Å². The van der Waals surface area contributed by atoms with Crippen LogP contribution in [0.4, 0.5) is 5.69 Å². The predicted molar refractivity (Wildman–Crippen MR) is 128 cm³/mol. The van der Waals surface area contributed by atoms with Crippen molar-refractivity contribution in [2.75, 3.05) is 24.6 Å². The summed E-state index contributed by atoms with van der Waals surface area (Å²) in [7, 11) is 0. The molecule has 0 unspecified atom stereocenters. The molecule has 0 amide bonds. The minimum absolute atomic E-state index is 0.0331. The number of unbranched alkanes of at least 4 members (excludes halogenated alkanes) is 3. The van der Waals surface area contributed by atoms with Crippen LogP contribution < -0.4 is 4.90 Å². The van der Waals surface area contributed by atoms with Crippen molar-refractivity contribution in [2.45, 2.75) is 59.3 Å². The third kappa shape index (κ3) is 7.74. The maximum absolute atomic E-state index is 9.23. The molecule has 1 N–H and O–H groups in total. The van der Waals surface area contributed by atoms with E-state index in [1.165, 1.54) is 5.69 Å². The van der Waals surface area contributed by atoms with E-state index >= 15 is 0 Å². The largest absolute Gasteiger partial charge is 0.396 e. The van der Waals surface area contributed by atoms with Crippen LogP contribution in [0.1, 0.15) is 64.9 Å². The number of benzene rings is 1. The molecule has 0 atom stereocenters. The summed E-state index contributed by atoms with van der Waals surface area (Å²) in [6, 6.07) is 12.7. The molecule has 0 radical (unpaired) electrons. The average Bonchev–Trinajstić information content (AvgIpc) is 2.75. The van der Waals surface area contributed by atoms with E-state index in [-0.39, 0.29) is 17.6 Å². The number of hydrogen-bond donors (Lipinski definition) is 1. The number of allylic oxidation sites excluding steroid dienone is 5. The number of hydrogen-bond acceptors (Lipinski definition) is 4. The van der Waals surface area contributed by atoms with E-state index in [2.05, 4.69) is 62.1 Å². The number of nitriles is 2. The van der Waals surface area contributed by atoms with Gasteiger partial charge in [-0.1, -0.05) is 57.0 Å². The Bertz CT molecular complexity index is 876. The Hall–Kier alpha value is -2.82. The lowest BCUT2D eigenvalue weighted by Crippen LogP contribution is -2.23. The molecule has 164 valence electrons. The van der Waals surface area contributed by atoms with Gasteiger partial charge in [-0.2, -0.15) is 10.5 Å². The molecule has 1 aromatic rings. The van der Waals surface area contributed by atoms with Crippen LogP contribution in [0.3, 0.4) is 0 Å². The molecule has 0 aliphatic heterocycles. The first kappa shape index (κ1) is 24.4. The summed E-state index contributed by atoms with van der Waals surface area (Å²) in [5.74, 6) is 0. The molecule has 1 aromatic carbocycles. The molecule has 0 fully saturated rings. The van der Waals surface area contributed by atoms with Crippen LogP contribution in [0.5, 0.6) is 0 Å². The van der Waals surface area contributed by atoms with Gasteiger partial charge in [0.25, 0.3) is 0 Å². The Morgan fingerprint density at radius 2 is 1.71 bits per heavy atom. The van der Waals surface area contributed by atoms with Gasteiger partial charge >= 0.3 is 0 Å². The lowest BCUT2D eigenvalue weighted by atomic mass is 9.74. The molecule has 0 bridgehead atoms. The van der Waals surface area contributed by atoms with Crippen molar-refractivity contribution in [2.24, 2.45) is 5.41 Å². The second-order valence-electron chi connectivity index (χ2n) is 9.00. The summed E-state index contributed by atoms with van der Waals surface area (Å²) in [6.45, 7) is 8.84. The molecule has 0 aromatic heterocycles. The van der Waals surface area contributed by atoms with E-state index in [0.717, 1.165) is 68.3 Å². The van der Waals surface area contributed by atoms with Crippen molar-refractivity contribution in [3.05, 3.63) is 58.7 Å². The van der Waals surface area contributed by atoms with Crippen molar-refractivity contribution in [1.29, 1.82) is 10.5 Å². The summed E-state index contributed by atoms with van der Waals surface area (Å²) < 4.78 is 0. The van der Waals surface area contributed by atoms with Crippen LogP contribution in [0.2, 0.25) is 0 Å². The second-order valence-corrected chi connectivity index (χ2v) is 9.00. The molecule has 31 heavy (non-hydrogen) atoms. The fourth-order valence-corrected chi connectivity index (χ4v) is 4.13. The first-order valence-electron chi connectivity index (χ1n) is 11.3. The fraction of sp³-hybridized carbons (Fsp3) is 0.481. The molecule has 0 heterocycles. The van der Waals surface area contributed by atoms with E-state index in [1.54, 1.807) is 0 Å². The number of rotatable bonds is 10. The molecule has 4 nitrogen and oxygen atoms in total. The summed E-state index contributed by atoms with van der Waals surface area (Å²) in [4.78, 5) is 2.39. The number of aliphatic hydroxyl groups is 1. The van der Waals surface area contributed by atoms with Gasteiger partial charge in [0.1, 0.15) is 17.7 Å². The fourth-order valence-electron chi connectivity index (χ4n) is 4.13. The highest BCUT2D eigenvalue weighted by Gasteiger charge is 2.26. The van der Waals surface area contributed by atoms with Crippen LogP contribution in [-0.2, 0) is 0 Å². The molecular weight excluding hydrogens is 382 g/mol. The first-order valence-corrected chi connectivity index (χ1v) is 11.3. The molecule has 2 rings (SSSR count). The second kappa shape index (κ2) is 12.1. The van der Waals surface area contributed by atoms with E-state index in [9.17, 15) is 10.5 Å². The molecule has 0 saturated heterocycles. The van der Waals surface area contributed by atoms with Crippen molar-refractivity contribution in [3.8, 4) is 12.1 Å². The Labute approximate surface area is 187 Å². The van der Waals surface area contributed by atoms with Gasteiger partial charge in [-0.05, 0) is 66.9 Å². The lowest BCUT2D eigenvalue weighted by molar-refractivity contribution is 0.282. The van der Waals surface area contributed by atoms with Crippen LogP contribution in [0.25, 0.3) is 6.08 Å². The van der Waals surface area contributed by atoms with Crippen molar-refractivity contribution in [1.82, 2.24) is 0 Å². The molecule has 4 heteroatoms. The van der Waals surface area contributed by atoms with Gasteiger partial charge < -0.3 is 10.0 Å². The Morgan fingerprint density at radius 3 is 2.32 bits per heavy atom. The standard InChI is InChI=1S/C27H35N3O/c1-4-30(15-7-5-6-8-16-31)26-13-11-22(12-14-26)9-10-23-17-24(25(20-28)21-29)19-27(2,3)18-23/h9-14,17,31H,4-8,15-16,18-19H2,1-3H3/b10-9+. The highest BCUT2D eigenvalue weighted by atomic mass is 16.2. The molecule has 0 saturated carbocycles. The Balaban J connectivity index is 2.07. The smallest absolute Gasteiger partial charge is 0.132 e. The highest BCUT2D eigenvalue weighted by molar-refractivity contribution is 5.59. The minimum atomic E-state index is 0.0331. The summed E-state index contributed by atoms with van der Waals surface area (Å²) in [6.07, 6.45) is 12.2. The normalized spacial score (nSPS) is 15.3. The summed E-state index contributed by atoms with van der Waals surface area (Å²) >= 11 is 0. The Morgan fingerprint density at radius 1 is 1.03 bits per heavy atom. The predicted octanol–water partition coefficient (Wildman–Crippen LogP) is 6.17. The molecular formula is C27H35N3O. The van der Waals surface area contributed by atoms with Gasteiger partial charge in [-0.3, -0.25) is 0 Å². The molecule has 1 aliphatic carbocycles. The highest BCUT2D eigenvalue weighted by Crippen LogP contribution is 2.39. The SMILES string of the molecule is CCN(CCCCCCO)c1ccc(/C=C/C2=CC(=C(C#N)C#N)CC(C)(C)C2)cc1. The average molecular weight is 418 g/mol. The van der Waals surface area contributed by atoms with Gasteiger partial charge in [0.05, 0.1) is 0 Å². The molecule has 1 aliphatic rings. The van der Waals surface area contributed by atoms with Crippen molar-refractivity contribution in [3.63, 3.8) is 0 Å². The van der Waals surface area contributed by atoms with Crippen molar-refractivity contribution >= 4 is 11.8 Å². The number of aliphatic hydroxyl groups excluding tert-OH is 1. The zero-order chi connectivity index (χ0) is 22.7. The third-order valence-electron chi connectivity index (χ3n) is 5.72. The first-order chi connectivity index (χ1) is 14.9. The topological polar surface area (TPSA) is 71.0 Å². The van der Waals surface area contributed by atoms with Crippen LogP contribution in [-0.4, -0.2) is 24.8 Å². The van der Waals surface area contributed by atoms with Gasteiger partial charge in [0.2, 0.25) is 0 Å². The Kier molecular flexibility index (Phi) is 9.57. The number of nitrogens with zero attached hydrogens (tertiary/aromatic N) is 3. The molecule has 0 spiro atoms. The maximum atomic E-state index is 9.23. The van der Waals surface area contributed by atoms with Gasteiger partial charge in [-0.25, -0.2) is 0 Å². The lowest BCUT2D eigenvalue weighted by Gasteiger charge is -2.30. The van der Waals surface area contributed by atoms with E-state index in [1.807, 2.05) is 18.2 Å². The summed E-state index contributed by atoms with van der Waals surface area (Å²) in [5.41, 5.74) is 4.62. The zero-order valence-electron chi connectivity index (χ0n) is 19.2. The monoisotopic (exact) mass is 417 g/mol. The van der Waals surface area contributed by atoms with Crippen molar-refractivity contribution < 1.29 is 5.11 Å². The van der Waals surface area contributed by atoms with Crippen LogP contribution in [0, 0.1) is 28.1 Å². The van der Waals surface area contributed by atoms with Gasteiger partial charge in [0, 0.05) is 25.4 Å². The maximum Gasteiger partial charge on any atom is 0.132 e. The third-order valence-corrected chi connectivity index (χ3v) is 5.72. The minimum Gasteiger partial charge on any atom is -0.396 e. The van der Waals surface area contributed by atoms with Crippen LogP contribution in [0.15, 0.2) is 53.1 Å². The van der Waals surface area contributed by atoms with Gasteiger partial charge in [-0.15, -0.1) is 0 Å². The number of anilines is 1. The van der Waals surface area contributed by atoms with E-state index in [0.29, 0.717) is 0 Å². The van der Waals surface area contributed by atoms with E-state index in [4.69, 9.17) is 5.11 Å². The quantitative estimate of drug-likeness (QED) is 0.365. The van der Waals surface area contributed by atoms with Gasteiger partial charge in [0.15, 0.2) is 0 Å².